The summed E-state index contributed by atoms with van der Waals surface area (Å²) in [5.74, 6) is 6.56. The molecule has 0 heterocycles. The third-order valence-corrected chi connectivity index (χ3v) is 4.08. The quantitative estimate of drug-likeness (QED) is 0.867. The van der Waals surface area contributed by atoms with Gasteiger partial charge in [-0.1, -0.05) is 36.3 Å². The van der Waals surface area contributed by atoms with Gasteiger partial charge in [0.15, 0.2) is 0 Å². The van der Waals surface area contributed by atoms with E-state index in [9.17, 15) is 4.79 Å². The molecule has 0 aliphatic heterocycles. The summed E-state index contributed by atoms with van der Waals surface area (Å²) in [6, 6.07) is 5.82. The van der Waals surface area contributed by atoms with Gasteiger partial charge in [0.25, 0.3) is 5.91 Å². The van der Waals surface area contributed by atoms with Crippen molar-refractivity contribution in [3.8, 4) is 11.8 Å². The Morgan fingerprint density at radius 3 is 2.76 bits per heavy atom. The van der Waals surface area contributed by atoms with E-state index in [0.29, 0.717) is 18.0 Å². The van der Waals surface area contributed by atoms with Crippen molar-refractivity contribution >= 4 is 5.91 Å². The average Bonchev–Trinajstić information content (AvgIpc) is 2.98. The molecule has 0 bridgehead atoms. The van der Waals surface area contributed by atoms with Gasteiger partial charge in [-0.25, -0.2) is 0 Å². The molecule has 0 atom stereocenters. The smallest absolute Gasteiger partial charge is 0.254 e. The van der Waals surface area contributed by atoms with E-state index in [0.717, 1.165) is 17.7 Å². The molecule has 1 saturated carbocycles. The SMILES string of the molecule is Cc1ccc(C#CCN)c(C(=O)N(C)CC2CCCC2)c1. The van der Waals surface area contributed by atoms with Crippen molar-refractivity contribution in [2.24, 2.45) is 11.7 Å². The van der Waals surface area contributed by atoms with Gasteiger partial charge < -0.3 is 10.6 Å². The summed E-state index contributed by atoms with van der Waals surface area (Å²) in [6.07, 6.45) is 5.07. The van der Waals surface area contributed by atoms with Crippen molar-refractivity contribution in [3.63, 3.8) is 0 Å². The standard InChI is InChI=1S/C18H24N2O/c1-14-9-10-16(8-5-11-19)17(12-14)18(21)20(2)13-15-6-3-4-7-15/h9-10,12,15H,3-4,6-7,11,13,19H2,1-2H3. The Hall–Kier alpha value is -1.79. The Kier molecular flexibility index (Phi) is 5.41. The molecule has 1 aliphatic carbocycles. The van der Waals surface area contributed by atoms with Crippen molar-refractivity contribution in [2.75, 3.05) is 20.1 Å². The van der Waals surface area contributed by atoms with Crippen LogP contribution in [0.15, 0.2) is 18.2 Å². The first kappa shape index (κ1) is 15.6. The third kappa shape index (κ3) is 4.09. The highest BCUT2D eigenvalue weighted by atomic mass is 16.2. The lowest BCUT2D eigenvalue weighted by molar-refractivity contribution is 0.0773. The van der Waals surface area contributed by atoms with Crippen LogP contribution in [0.1, 0.15) is 47.2 Å². The minimum Gasteiger partial charge on any atom is -0.341 e. The predicted octanol–water partition coefficient (Wildman–Crippen LogP) is 2.57. The van der Waals surface area contributed by atoms with Gasteiger partial charge in [0.1, 0.15) is 0 Å². The van der Waals surface area contributed by atoms with Crippen LogP contribution in [0, 0.1) is 24.7 Å². The minimum atomic E-state index is 0.0620. The Morgan fingerprint density at radius 1 is 1.38 bits per heavy atom. The van der Waals surface area contributed by atoms with Crippen LogP contribution >= 0.6 is 0 Å². The maximum Gasteiger partial charge on any atom is 0.254 e. The number of carbonyl (C=O) groups is 1. The number of hydrogen-bond donors (Lipinski definition) is 1. The van der Waals surface area contributed by atoms with E-state index in [1.165, 1.54) is 25.7 Å². The van der Waals surface area contributed by atoms with E-state index in [1.54, 1.807) is 0 Å². The van der Waals surface area contributed by atoms with Crippen molar-refractivity contribution in [1.82, 2.24) is 4.90 Å². The van der Waals surface area contributed by atoms with Gasteiger partial charge in [-0.15, -0.1) is 0 Å². The molecule has 1 aromatic rings. The second kappa shape index (κ2) is 7.28. The van der Waals surface area contributed by atoms with Crippen molar-refractivity contribution in [2.45, 2.75) is 32.6 Å². The highest BCUT2D eigenvalue weighted by Crippen LogP contribution is 2.25. The second-order valence-corrected chi connectivity index (χ2v) is 5.89. The molecule has 0 aromatic heterocycles. The highest BCUT2D eigenvalue weighted by Gasteiger charge is 2.21. The zero-order valence-corrected chi connectivity index (χ0v) is 13.0. The zero-order chi connectivity index (χ0) is 15.2. The molecule has 3 nitrogen and oxygen atoms in total. The fourth-order valence-electron chi connectivity index (χ4n) is 2.96. The van der Waals surface area contributed by atoms with E-state index in [-0.39, 0.29) is 5.91 Å². The maximum atomic E-state index is 12.7. The molecule has 1 amide bonds. The lowest BCUT2D eigenvalue weighted by Crippen LogP contribution is -2.31. The summed E-state index contributed by atoms with van der Waals surface area (Å²) in [5.41, 5.74) is 7.97. The average molecular weight is 284 g/mol. The van der Waals surface area contributed by atoms with Crippen LogP contribution in [-0.4, -0.2) is 30.9 Å². The Bertz CT molecular complexity index is 562. The maximum absolute atomic E-state index is 12.7. The molecule has 2 rings (SSSR count). The third-order valence-electron chi connectivity index (χ3n) is 4.08. The molecule has 0 saturated heterocycles. The van der Waals surface area contributed by atoms with Gasteiger partial charge in [0.05, 0.1) is 12.1 Å². The molecule has 0 unspecified atom stereocenters. The van der Waals surface area contributed by atoms with Crippen LogP contribution < -0.4 is 5.73 Å². The van der Waals surface area contributed by atoms with E-state index >= 15 is 0 Å². The molecule has 1 fully saturated rings. The summed E-state index contributed by atoms with van der Waals surface area (Å²) < 4.78 is 0. The first-order valence-corrected chi connectivity index (χ1v) is 7.67. The van der Waals surface area contributed by atoms with Crippen LogP contribution in [0.4, 0.5) is 0 Å². The van der Waals surface area contributed by atoms with Gasteiger partial charge in [-0.3, -0.25) is 4.79 Å². The molecule has 0 spiro atoms. The number of benzene rings is 1. The molecular formula is C18H24N2O. The first-order chi connectivity index (χ1) is 10.1. The molecule has 1 aliphatic rings. The van der Waals surface area contributed by atoms with Gasteiger partial charge in [-0.05, 0) is 37.8 Å². The largest absolute Gasteiger partial charge is 0.341 e. The number of aryl methyl sites for hydroxylation is 1. The molecular weight excluding hydrogens is 260 g/mol. The highest BCUT2D eigenvalue weighted by molar-refractivity contribution is 5.96. The topological polar surface area (TPSA) is 46.3 Å². The van der Waals surface area contributed by atoms with Crippen LogP contribution in [0.5, 0.6) is 0 Å². The first-order valence-electron chi connectivity index (χ1n) is 7.67. The summed E-state index contributed by atoms with van der Waals surface area (Å²) >= 11 is 0. The van der Waals surface area contributed by atoms with Crippen molar-refractivity contribution < 1.29 is 4.79 Å². The minimum absolute atomic E-state index is 0.0620. The van der Waals surface area contributed by atoms with E-state index < -0.39 is 0 Å². The fraction of sp³-hybridized carbons (Fsp3) is 0.500. The van der Waals surface area contributed by atoms with E-state index in [4.69, 9.17) is 5.73 Å². The zero-order valence-electron chi connectivity index (χ0n) is 13.0. The molecule has 112 valence electrons. The summed E-state index contributed by atoms with van der Waals surface area (Å²) in [7, 11) is 1.89. The summed E-state index contributed by atoms with van der Waals surface area (Å²) in [4.78, 5) is 14.5. The van der Waals surface area contributed by atoms with Crippen molar-refractivity contribution in [1.29, 1.82) is 0 Å². The summed E-state index contributed by atoms with van der Waals surface area (Å²) in [6.45, 7) is 3.14. The molecule has 0 radical (unpaired) electrons. The van der Waals surface area contributed by atoms with Gasteiger partial charge in [0.2, 0.25) is 0 Å². The van der Waals surface area contributed by atoms with Gasteiger partial charge in [0, 0.05) is 19.2 Å². The van der Waals surface area contributed by atoms with E-state index in [2.05, 4.69) is 11.8 Å². The summed E-state index contributed by atoms with van der Waals surface area (Å²) in [5, 5.41) is 0. The number of nitrogens with two attached hydrogens (primary N) is 1. The predicted molar refractivity (Wildman–Crippen MR) is 86.0 cm³/mol. The Morgan fingerprint density at radius 2 is 2.10 bits per heavy atom. The van der Waals surface area contributed by atoms with Crippen LogP contribution in [0.3, 0.4) is 0 Å². The number of hydrogen-bond acceptors (Lipinski definition) is 2. The molecule has 2 N–H and O–H groups in total. The Labute approximate surface area is 127 Å². The normalized spacial score (nSPS) is 14.6. The number of rotatable bonds is 3. The van der Waals surface area contributed by atoms with Crippen molar-refractivity contribution in [3.05, 3.63) is 34.9 Å². The number of nitrogens with zero attached hydrogens (tertiary/aromatic N) is 1. The lowest BCUT2D eigenvalue weighted by atomic mass is 10.0. The lowest BCUT2D eigenvalue weighted by Gasteiger charge is -2.22. The monoisotopic (exact) mass is 284 g/mol. The molecule has 3 heteroatoms. The number of carbonyl (C=O) groups excluding carboxylic acids is 1. The van der Waals surface area contributed by atoms with E-state index in [1.807, 2.05) is 37.1 Å². The van der Waals surface area contributed by atoms with Gasteiger partial charge >= 0.3 is 0 Å². The Balaban J connectivity index is 2.18. The van der Waals surface area contributed by atoms with Gasteiger partial charge in [-0.2, -0.15) is 0 Å². The fourth-order valence-corrected chi connectivity index (χ4v) is 2.96. The molecule has 1 aromatic carbocycles. The second-order valence-electron chi connectivity index (χ2n) is 5.89. The molecule has 21 heavy (non-hydrogen) atoms. The number of amides is 1. The van der Waals surface area contributed by atoms with Crippen LogP contribution in [-0.2, 0) is 0 Å². The van der Waals surface area contributed by atoms with Crippen LogP contribution in [0.2, 0.25) is 0 Å². The van der Waals surface area contributed by atoms with Crippen LogP contribution in [0.25, 0.3) is 0 Å².